The lowest BCUT2D eigenvalue weighted by Gasteiger charge is -2.59. The topological polar surface area (TPSA) is 72.8 Å². The summed E-state index contributed by atoms with van der Waals surface area (Å²) < 4.78 is 12.0. The third kappa shape index (κ3) is 4.66. The number of aliphatic hydroxyl groups is 1. The average molecular weight is 481 g/mol. The van der Waals surface area contributed by atoms with Crippen LogP contribution in [-0.4, -0.2) is 29.6 Å². The lowest BCUT2D eigenvalue weighted by Crippen LogP contribution is -2.56. The summed E-state index contributed by atoms with van der Waals surface area (Å²) in [5.74, 6) is 2.04. The number of allylic oxidation sites excluding steroid dienone is 6. The SMILES string of the molecule is C=C(O)CCC(=C)OC1CC2(C)C(C(=C)COC(C)=O)CCC2C2CCC3=CC(=O)C=CC3(C)C12. The molecule has 5 heteroatoms. The Labute approximate surface area is 209 Å². The number of carbonyl (C=O) groups is 2. The van der Waals surface area contributed by atoms with Crippen LogP contribution in [0.15, 0.2) is 60.6 Å². The summed E-state index contributed by atoms with van der Waals surface area (Å²) in [6.07, 6.45) is 11.5. The molecule has 3 fully saturated rings. The van der Waals surface area contributed by atoms with E-state index < -0.39 is 0 Å². The number of hydrogen-bond acceptors (Lipinski definition) is 5. The first kappa shape index (κ1) is 25.5. The predicted molar refractivity (Wildman–Crippen MR) is 136 cm³/mol. The van der Waals surface area contributed by atoms with Crippen LogP contribution in [0.4, 0.5) is 0 Å². The van der Waals surface area contributed by atoms with Gasteiger partial charge in [-0.2, -0.15) is 0 Å². The van der Waals surface area contributed by atoms with Crippen LogP contribution in [0, 0.1) is 34.5 Å². The normalized spacial score (nSPS) is 37.4. The number of ketones is 1. The molecule has 7 atom stereocenters. The van der Waals surface area contributed by atoms with Crippen LogP contribution in [0.2, 0.25) is 0 Å². The molecule has 3 saturated carbocycles. The van der Waals surface area contributed by atoms with Crippen LogP contribution < -0.4 is 0 Å². The molecule has 0 saturated heterocycles. The van der Waals surface area contributed by atoms with Gasteiger partial charge in [-0.05, 0) is 73.0 Å². The Bertz CT molecular complexity index is 1000. The molecule has 0 aromatic heterocycles. The highest BCUT2D eigenvalue weighted by molar-refractivity contribution is 6.01. The second-order valence-corrected chi connectivity index (χ2v) is 11.6. The second kappa shape index (κ2) is 9.48. The van der Waals surface area contributed by atoms with Gasteiger partial charge in [0.1, 0.15) is 12.7 Å². The zero-order valence-electron chi connectivity index (χ0n) is 21.5. The van der Waals surface area contributed by atoms with Gasteiger partial charge in [-0.15, -0.1) is 0 Å². The van der Waals surface area contributed by atoms with Gasteiger partial charge in [0, 0.05) is 31.1 Å². The van der Waals surface area contributed by atoms with Crippen LogP contribution in [0.25, 0.3) is 0 Å². The minimum absolute atomic E-state index is 0.0182. The molecule has 0 aromatic rings. The van der Waals surface area contributed by atoms with Crippen molar-refractivity contribution in [1.82, 2.24) is 0 Å². The Kier molecular flexibility index (Phi) is 6.91. The largest absolute Gasteiger partial charge is 0.513 e. The Hall–Kier alpha value is -2.56. The number of fused-ring (bicyclic) bond motifs is 5. The maximum absolute atomic E-state index is 12.2. The summed E-state index contributed by atoms with van der Waals surface area (Å²) >= 11 is 0. The van der Waals surface area contributed by atoms with Crippen molar-refractivity contribution in [2.24, 2.45) is 34.5 Å². The molecule has 1 N–H and O–H groups in total. The molecule has 0 aliphatic heterocycles. The summed E-state index contributed by atoms with van der Waals surface area (Å²) in [5.41, 5.74) is 1.96. The molecule has 0 heterocycles. The van der Waals surface area contributed by atoms with E-state index in [1.54, 1.807) is 6.08 Å². The highest BCUT2D eigenvalue weighted by Crippen LogP contribution is 2.67. The Balaban J connectivity index is 1.67. The minimum Gasteiger partial charge on any atom is -0.513 e. The zero-order chi connectivity index (χ0) is 25.5. The van der Waals surface area contributed by atoms with Crippen LogP contribution in [0.3, 0.4) is 0 Å². The van der Waals surface area contributed by atoms with Crippen molar-refractivity contribution in [3.05, 3.63) is 60.6 Å². The number of hydrogen-bond donors (Lipinski definition) is 1. The predicted octanol–water partition coefficient (Wildman–Crippen LogP) is 6.39. The van der Waals surface area contributed by atoms with E-state index in [4.69, 9.17) is 9.47 Å². The van der Waals surface area contributed by atoms with Crippen molar-refractivity contribution in [2.75, 3.05) is 6.61 Å². The molecule has 35 heavy (non-hydrogen) atoms. The van der Waals surface area contributed by atoms with E-state index in [2.05, 4.69) is 39.7 Å². The monoisotopic (exact) mass is 480 g/mol. The van der Waals surface area contributed by atoms with E-state index >= 15 is 0 Å². The molecule has 7 unspecified atom stereocenters. The smallest absolute Gasteiger partial charge is 0.302 e. The summed E-state index contributed by atoms with van der Waals surface area (Å²) in [6, 6.07) is 0. The first-order valence-corrected chi connectivity index (χ1v) is 12.9. The van der Waals surface area contributed by atoms with Crippen LogP contribution >= 0.6 is 0 Å². The fraction of sp³-hybridized carbons (Fsp3) is 0.600. The molecular weight excluding hydrogens is 440 g/mol. The summed E-state index contributed by atoms with van der Waals surface area (Å²) in [4.78, 5) is 23.6. The fourth-order valence-corrected chi connectivity index (χ4v) is 7.92. The lowest BCUT2D eigenvalue weighted by molar-refractivity contribution is -0.141. The van der Waals surface area contributed by atoms with Gasteiger partial charge in [0.15, 0.2) is 5.78 Å². The summed E-state index contributed by atoms with van der Waals surface area (Å²) in [5, 5.41) is 9.58. The molecule has 190 valence electrons. The number of carbonyl (C=O) groups excluding carboxylic acids is 2. The standard InChI is InChI=1S/C30H40O5/c1-18(17-34-21(4)32)25-11-12-26-24-10-9-22-15-23(33)13-14-29(22,5)28(24)27(16-30(25,26)6)35-20(3)8-7-19(2)31/h13-15,24-28,31H,1-3,7-12,16-17H2,4-6H3. The molecule has 4 rings (SSSR count). The van der Waals surface area contributed by atoms with Gasteiger partial charge in [-0.1, -0.05) is 45.2 Å². The Morgan fingerprint density at radius 1 is 1.17 bits per heavy atom. The Morgan fingerprint density at radius 3 is 2.60 bits per heavy atom. The van der Waals surface area contributed by atoms with Gasteiger partial charge in [0.2, 0.25) is 0 Å². The molecular formula is C30H40O5. The number of rotatable bonds is 8. The van der Waals surface area contributed by atoms with Crippen molar-refractivity contribution in [2.45, 2.75) is 71.8 Å². The third-order valence-electron chi connectivity index (χ3n) is 9.43. The molecule has 4 aliphatic carbocycles. The van der Waals surface area contributed by atoms with Crippen LogP contribution in [0.1, 0.15) is 65.7 Å². The Morgan fingerprint density at radius 2 is 1.91 bits per heavy atom. The van der Waals surface area contributed by atoms with E-state index in [-0.39, 0.29) is 52.9 Å². The van der Waals surface area contributed by atoms with Crippen molar-refractivity contribution in [3.8, 4) is 0 Å². The molecule has 0 amide bonds. The molecule has 0 aromatic carbocycles. The zero-order valence-corrected chi connectivity index (χ0v) is 21.5. The van der Waals surface area contributed by atoms with E-state index in [9.17, 15) is 14.7 Å². The van der Waals surface area contributed by atoms with E-state index in [1.807, 2.05) is 6.08 Å². The van der Waals surface area contributed by atoms with E-state index in [0.29, 0.717) is 30.4 Å². The maximum atomic E-state index is 12.2. The average Bonchev–Trinajstić information content (AvgIpc) is 3.13. The van der Waals surface area contributed by atoms with Gasteiger partial charge in [-0.25, -0.2) is 0 Å². The van der Waals surface area contributed by atoms with Crippen molar-refractivity contribution in [3.63, 3.8) is 0 Å². The van der Waals surface area contributed by atoms with Gasteiger partial charge in [-0.3, -0.25) is 9.59 Å². The molecule has 4 aliphatic rings. The second-order valence-electron chi connectivity index (χ2n) is 11.6. The molecule has 5 nitrogen and oxygen atoms in total. The number of esters is 1. The first-order chi connectivity index (χ1) is 16.5. The van der Waals surface area contributed by atoms with Crippen LogP contribution in [0.5, 0.6) is 0 Å². The van der Waals surface area contributed by atoms with Gasteiger partial charge >= 0.3 is 5.97 Å². The number of ether oxygens (including phenoxy) is 2. The molecule has 0 radical (unpaired) electrons. The molecule has 0 spiro atoms. The van der Waals surface area contributed by atoms with E-state index in [0.717, 1.165) is 37.7 Å². The van der Waals surface area contributed by atoms with Crippen molar-refractivity contribution < 1.29 is 24.2 Å². The highest BCUT2D eigenvalue weighted by Gasteiger charge is 2.62. The van der Waals surface area contributed by atoms with Gasteiger partial charge < -0.3 is 14.6 Å². The maximum Gasteiger partial charge on any atom is 0.302 e. The summed E-state index contributed by atoms with van der Waals surface area (Å²) in [6.45, 7) is 18.4. The fourth-order valence-electron chi connectivity index (χ4n) is 7.92. The summed E-state index contributed by atoms with van der Waals surface area (Å²) in [7, 11) is 0. The van der Waals surface area contributed by atoms with Gasteiger partial charge in [0.25, 0.3) is 0 Å². The minimum atomic E-state index is -0.282. The lowest BCUT2D eigenvalue weighted by atomic mass is 9.46. The van der Waals surface area contributed by atoms with Crippen molar-refractivity contribution in [1.29, 1.82) is 0 Å². The van der Waals surface area contributed by atoms with Crippen LogP contribution in [-0.2, 0) is 19.1 Å². The number of aliphatic hydroxyl groups excluding tert-OH is 1. The quantitative estimate of drug-likeness (QED) is 0.248. The van der Waals surface area contributed by atoms with E-state index in [1.165, 1.54) is 12.5 Å². The first-order valence-electron chi connectivity index (χ1n) is 12.9. The van der Waals surface area contributed by atoms with Crippen molar-refractivity contribution >= 4 is 11.8 Å². The molecule has 0 bridgehead atoms. The highest BCUT2D eigenvalue weighted by atomic mass is 16.5. The third-order valence-corrected chi connectivity index (χ3v) is 9.43. The van der Waals surface area contributed by atoms with Gasteiger partial charge in [0.05, 0.1) is 11.5 Å².